The summed E-state index contributed by atoms with van der Waals surface area (Å²) in [6.07, 6.45) is 5.77. The van der Waals surface area contributed by atoms with E-state index >= 15 is 0 Å². The first-order valence-electron chi connectivity index (χ1n) is 7.10. The summed E-state index contributed by atoms with van der Waals surface area (Å²) in [4.78, 5) is 6.41. The molecule has 2 unspecified atom stereocenters. The van der Waals surface area contributed by atoms with E-state index in [0.29, 0.717) is 19.2 Å². The quantitative estimate of drug-likeness (QED) is 0.853. The number of hydrogen-bond acceptors (Lipinski definition) is 4. The lowest BCUT2D eigenvalue weighted by Gasteiger charge is -2.27. The maximum Gasteiger partial charge on any atom is 0.0900 e. The largest absolute Gasteiger partial charge is 0.389 e. The maximum atomic E-state index is 10.0. The fourth-order valence-corrected chi connectivity index (χ4v) is 2.63. The van der Waals surface area contributed by atoms with Crippen LogP contribution in [-0.2, 0) is 4.74 Å². The molecule has 2 rings (SSSR count). The van der Waals surface area contributed by atoms with Crippen molar-refractivity contribution in [2.45, 2.75) is 44.9 Å². The van der Waals surface area contributed by atoms with Gasteiger partial charge in [-0.05, 0) is 50.9 Å². The average Bonchev–Trinajstić information content (AvgIpc) is 2.85. The van der Waals surface area contributed by atoms with Gasteiger partial charge in [0.2, 0.25) is 0 Å². The highest BCUT2D eigenvalue weighted by Gasteiger charge is 2.27. The van der Waals surface area contributed by atoms with Gasteiger partial charge in [-0.3, -0.25) is 9.88 Å². The van der Waals surface area contributed by atoms with Crippen LogP contribution in [0, 0.1) is 0 Å². The van der Waals surface area contributed by atoms with Crippen LogP contribution in [0.25, 0.3) is 0 Å². The van der Waals surface area contributed by atoms with Crippen LogP contribution in [0.4, 0.5) is 0 Å². The number of β-amino-alcohol motifs (C(OH)–C–C–N with tert-alkyl or cyclic N) is 1. The Balaban J connectivity index is 1.89. The topological polar surface area (TPSA) is 45.6 Å². The predicted molar refractivity (Wildman–Crippen MR) is 74.9 cm³/mol. The van der Waals surface area contributed by atoms with Crippen molar-refractivity contribution < 1.29 is 9.84 Å². The van der Waals surface area contributed by atoms with E-state index in [2.05, 4.69) is 22.0 Å². The summed E-state index contributed by atoms with van der Waals surface area (Å²) in [7, 11) is 0. The molecule has 1 N–H and O–H groups in total. The molecule has 1 fully saturated rings. The molecule has 4 heteroatoms. The molecule has 2 atom stereocenters. The van der Waals surface area contributed by atoms with Crippen LogP contribution < -0.4 is 0 Å². The summed E-state index contributed by atoms with van der Waals surface area (Å²) < 4.78 is 5.47. The third-order valence-corrected chi connectivity index (χ3v) is 3.52. The highest BCUT2D eigenvalue weighted by atomic mass is 16.5. The Morgan fingerprint density at radius 3 is 2.84 bits per heavy atom. The number of aliphatic hydroxyl groups is 1. The molecule has 2 heterocycles. The van der Waals surface area contributed by atoms with Crippen molar-refractivity contribution in [1.82, 2.24) is 9.88 Å². The van der Waals surface area contributed by atoms with E-state index in [4.69, 9.17) is 4.74 Å². The van der Waals surface area contributed by atoms with Gasteiger partial charge in [-0.1, -0.05) is 0 Å². The van der Waals surface area contributed by atoms with Crippen molar-refractivity contribution in [3.05, 3.63) is 30.1 Å². The molecular formula is C15H24N2O2. The van der Waals surface area contributed by atoms with Gasteiger partial charge in [0.15, 0.2) is 0 Å². The molecule has 0 aliphatic carbocycles. The molecule has 0 aromatic carbocycles. The van der Waals surface area contributed by atoms with Crippen molar-refractivity contribution in [2.75, 3.05) is 19.7 Å². The maximum absolute atomic E-state index is 10.0. The molecular weight excluding hydrogens is 240 g/mol. The molecule has 1 aliphatic heterocycles. The Morgan fingerprint density at radius 1 is 1.42 bits per heavy atom. The third kappa shape index (κ3) is 4.27. The molecule has 106 valence electrons. The zero-order valence-electron chi connectivity index (χ0n) is 11.8. The van der Waals surface area contributed by atoms with Gasteiger partial charge in [0, 0.05) is 25.0 Å². The van der Waals surface area contributed by atoms with Gasteiger partial charge in [-0.2, -0.15) is 0 Å². The molecule has 0 saturated carbocycles. The van der Waals surface area contributed by atoms with Crippen LogP contribution >= 0.6 is 0 Å². The van der Waals surface area contributed by atoms with E-state index in [1.807, 2.05) is 26.2 Å². The zero-order valence-corrected chi connectivity index (χ0v) is 11.8. The first-order valence-corrected chi connectivity index (χ1v) is 7.10. The predicted octanol–water partition coefficient (Wildman–Crippen LogP) is 2.00. The van der Waals surface area contributed by atoms with Crippen LogP contribution in [0.3, 0.4) is 0 Å². The lowest BCUT2D eigenvalue weighted by atomic mass is 10.1. The molecule has 0 radical (unpaired) electrons. The minimum Gasteiger partial charge on any atom is -0.389 e. The Kier molecular flexibility index (Phi) is 5.31. The average molecular weight is 264 g/mol. The van der Waals surface area contributed by atoms with Gasteiger partial charge in [-0.25, -0.2) is 0 Å². The molecule has 1 aromatic rings. The summed E-state index contributed by atoms with van der Waals surface area (Å²) in [5.41, 5.74) is 1.30. The lowest BCUT2D eigenvalue weighted by Crippen LogP contribution is -2.35. The van der Waals surface area contributed by atoms with E-state index in [1.165, 1.54) is 12.0 Å². The molecule has 4 nitrogen and oxygen atoms in total. The summed E-state index contributed by atoms with van der Waals surface area (Å²) >= 11 is 0. The number of hydrogen-bond donors (Lipinski definition) is 1. The number of likely N-dealkylation sites (tertiary alicyclic amines) is 1. The Labute approximate surface area is 115 Å². The van der Waals surface area contributed by atoms with Crippen LogP contribution in [0.15, 0.2) is 24.5 Å². The molecule has 0 spiro atoms. The summed E-state index contributed by atoms with van der Waals surface area (Å²) in [6, 6.07) is 4.55. The van der Waals surface area contributed by atoms with Gasteiger partial charge in [0.1, 0.15) is 0 Å². The molecule has 0 bridgehead atoms. The van der Waals surface area contributed by atoms with Crippen LogP contribution in [-0.4, -0.2) is 46.9 Å². The molecule has 0 amide bonds. The van der Waals surface area contributed by atoms with E-state index < -0.39 is 6.10 Å². The van der Waals surface area contributed by atoms with Crippen molar-refractivity contribution >= 4 is 0 Å². The fraction of sp³-hybridized carbons (Fsp3) is 0.667. The van der Waals surface area contributed by atoms with E-state index in [-0.39, 0.29) is 6.10 Å². The normalized spacial score (nSPS) is 22.0. The SMILES string of the molecule is CC(C)OCC(O)CN1CCCC1c1ccncc1. The highest BCUT2D eigenvalue weighted by Crippen LogP contribution is 2.31. The van der Waals surface area contributed by atoms with Gasteiger partial charge < -0.3 is 9.84 Å². The van der Waals surface area contributed by atoms with Crippen LogP contribution in [0.1, 0.15) is 38.3 Å². The van der Waals surface area contributed by atoms with Crippen LogP contribution in [0.2, 0.25) is 0 Å². The number of ether oxygens (including phenoxy) is 1. The summed E-state index contributed by atoms with van der Waals surface area (Å²) in [5, 5.41) is 10.0. The molecule has 1 aromatic heterocycles. The van der Waals surface area contributed by atoms with Gasteiger partial charge in [0.05, 0.1) is 18.8 Å². The zero-order chi connectivity index (χ0) is 13.7. The second-order valence-corrected chi connectivity index (χ2v) is 5.47. The molecule has 1 aliphatic rings. The minimum absolute atomic E-state index is 0.171. The first kappa shape index (κ1) is 14.4. The van der Waals surface area contributed by atoms with E-state index in [1.54, 1.807) is 0 Å². The second kappa shape index (κ2) is 6.98. The van der Waals surface area contributed by atoms with Gasteiger partial charge in [-0.15, -0.1) is 0 Å². The fourth-order valence-electron chi connectivity index (χ4n) is 2.63. The monoisotopic (exact) mass is 264 g/mol. The van der Waals surface area contributed by atoms with E-state index in [0.717, 1.165) is 13.0 Å². The standard InChI is InChI=1S/C15H24N2O2/c1-12(2)19-11-14(18)10-17-9-3-4-15(17)13-5-7-16-8-6-13/h5-8,12,14-15,18H,3-4,9-11H2,1-2H3. The minimum atomic E-state index is -0.412. The molecule has 1 saturated heterocycles. The van der Waals surface area contributed by atoms with Gasteiger partial charge >= 0.3 is 0 Å². The second-order valence-electron chi connectivity index (χ2n) is 5.47. The number of rotatable bonds is 6. The third-order valence-electron chi connectivity index (χ3n) is 3.52. The molecule has 19 heavy (non-hydrogen) atoms. The van der Waals surface area contributed by atoms with Crippen molar-refractivity contribution in [2.24, 2.45) is 0 Å². The van der Waals surface area contributed by atoms with Gasteiger partial charge in [0.25, 0.3) is 0 Å². The van der Waals surface area contributed by atoms with Crippen molar-refractivity contribution in [1.29, 1.82) is 0 Å². The van der Waals surface area contributed by atoms with Crippen molar-refractivity contribution in [3.8, 4) is 0 Å². The Hall–Kier alpha value is -0.970. The number of aromatic nitrogens is 1. The summed E-state index contributed by atoms with van der Waals surface area (Å²) in [5.74, 6) is 0. The lowest BCUT2D eigenvalue weighted by molar-refractivity contribution is -0.0101. The Bertz CT molecular complexity index is 370. The summed E-state index contributed by atoms with van der Waals surface area (Å²) in [6.45, 7) is 6.12. The van der Waals surface area contributed by atoms with Crippen molar-refractivity contribution in [3.63, 3.8) is 0 Å². The number of pyridine rings is 1. The number of aliphatic hydroxyl groups excluding tert-OH is 1. The Morgan fingerprint density at radius 2 is 2.16 bits per heavy atom. The highest BCUT2D eigenvalue weighted by molar-refractivity contribution is 5.16. The number of nitrogens with zero attached hydrogens (tertiary/aromatic N) is 2. The first-order chi connectivity index (χ1) is 9.16. The van der Waals surface area contributed by atoms with E-state index in [9.17, 15) is 5.11 Å². The van der Waals surface area contributed by atoms with Crippen LogP contribution in [0.5, 0.6) is 0 Å². The smallest absolute Gasteiger partial charge is 0.0900 e.